The summed E-state index contributed by atoms with van der Waals surface area (Å²) < 4.78 is 5.37. The molecule has 0 aromatic heterocycles. The third kappa shape index (κ3) is 5.13. The van der Waals surface area contributed by atoms with Gasteiger partial charge in [0.2, 0.25) is 0 Å². The van der Waals surface area contributed by atoms with Gasteiger partial charge in [-0.05, 0) is 49.2 Å². The fraction of sp³-hybridized carbons (Fsp3) is 0.286. The number of amides is 3. The number of anilines is 2. The van der Waals surface area contributed by atoms with Crippen LogP contribution in [0.3, 0.4) is 0 Å². The summed E-state index contributed by atoms with van der Waals surface area (Å²) in [6, 6.07) is 11.3. The van der Waals surface area contributed by atoms with Crippen molar-refractivity contribution in [2.75, 3.05) is 31.3 Å². The fourth-order valence-electron chi connectivity index (χ4n) is 2.96. The number of carbonyl (C=O) groups is 3. The molecule has 2 N–H and O–H groups in total. The number of hydrogen-bond donors (Lipinski definition) is 2. The molecule has 1 aliphatic rings. The summed E-state index contributed by atoms with van der Waals surface area (Å²) in [4.78, 5) is 38.2. The average Bonchev–Trinajstić information content (AvgIpc) is 3.23. The van der Waals surface area contributed by atoms with Crippen LogP contribution in [-0.2, 0) is 9.53 Å². The Morgan fingerprint density at radius 3 is 2.48 bits per heavy atom. The van der Waals surface area contributed by atoms with E-state index in [4.69, 9.17) is 16.3 Å². The van der Waals surface area contributed by atoms with E-state index >= 15 is 0 Å². The van der Waals surface area contributed by atoms with Gasteiger partial charge in [0.25, 0.3) is 17.7 Å². The van der Waals surface area contributed by atoms with Gasteiger partial charge in [0, 0.05) is 37.6 Å². The molecule has 0 bridgehead atoms. The van der Waals surface area contributed by atoms with E-state index in [1.54, 1.807) is 50.5 Å². The Morgan fingerprint density at radius 1 is 1.07 bits per heavy atom. The molecule has 1 heterocycles. The van der Waals surface area contributed by atoms with Crippen LogP contribution in [0.4, 0.5) is 11.4 Å². The Labute approximate surface area is 174 Å². The second-order valence-corrected chi connectivity index (χ2v) is 7.33. The Bertz CT molecular complexity index is 939. The highest BCUT2D eigenvalue weighted by Gasteiger charge is 2.23. The SMILES string of the molecule is CN(C)C(=O)c1ccc(NC(=O)c2cccc(NC(=O)[C@H]3CCCO3)c2)cc1Cl. The third-order valence-corrected chi connectivity index (χ3v) is 4.79. The zero-order valence-corrected chi connectivity index (χ0v) is 17.0. The van der Waals surface area contributed by atoms with Crippen LogP contribution in [0.25, 0.3) is 0 Å². The van der Waals surface area contributed by atoms with Crippen LogP contribution < -0.4 is 10.6 Å². The first-order valence-electron chi connectivity index (χ1n) is 9.20. The summed E-state index contributed by atoms with van der Waals surface area (Å²) in [6.07, 6.45) is 1.11. The minimum atomic E-state index is -0.446. The average molecular weight is 416 g/mol. The smallest absolute Gasteiger partial charge is 0.255 e. The van der Waals surface area contributed by atoms with Crippen molar-refractivity contribution < 1.29 is 19.1 Å². The van der Waals surface area contributed by atoms with Crippen LogP contribution in [0.15, 0.2) is 42.5 Å². The molecular formula is C21H22ClN3O4. The lowest BCUT2D eigenvalue weighted by atomic mass is 10.1. The predicted molar refractivity (Wildman–Crippen MR) is 111 cm³/mol. The van der Waals surface area contributed by atoms with Crippen molar-refractivity contribution in [3.05, 3.63) is 58.6 Å². The Morgan fingerprint density at radius 2 is 1.83 bits per heavy atom. The largest absolute Gasteiger partial charge is 0.368 e. The first-order valence-corrected chi connectivity index (χ1v) is 9.58. The number of halogens is 1. The second kappa shape index (κ2) is 9.07. The van der Waals surface area contributed by atoms with Gasteiger partial charge in [-0.1, -0.05) is 17.7 Å². The summed E-state index contributed by atoms with van der Waals surface area (Å²) in [6.45, 7) is 0.585. The van der Waals surface area contributed by atoms with Gasteiger partial charge in [-0.2, -0.15) is 0 Å². The Kier molecular flexibility index (Phi) is 6.51. The van der Waals surface area contributed by atoms with Crippen LogP contribution in [0.5, 0.6) is 0 Å². The number of hydrogen-bond acceptors (Lipinski definition) is 4. The third-order valence-electron chi connectivity index (χ3n) is 4.48. The van der Waals surface area contributed by atoms with Gasteiger partial charge in [-0.15, -0.1) is 0 Å². The lowest BCUT2D eigenvalue weighted by Crippen LogP contribution is -2.27. The van der Waals surface area contributed by atoms with Gasteiger partial charge in [-0.3, -0.25) is 14.4 Å². The maximum Gasteiger partial charge on any atom is 0.255 e. The zero-order chi connectivity index (χ0) is 21.0. The van der Waals surface area contributed by atoms with Gasteiger partial charge in [0.15, 0.2) is 0 Å². The maximum atomic E-state index is 12.6. The molecule has 0 aliphatic carbocycles. The lowest BCUT2D eigenvalue weighted by molar-refractivity contribution is -0.124. The molecule has 8 heteroatoms. The monoisotopic (exact) mass is 415 g/mol. The molecule has 0 spiro atoms. The topological polar surface area (TPSA) is 87.7 Å². The molecular weight excluding hydrogens is 394 g/mol. The molecule has 3 rings (SSSR count). The van der Waals surface area contributed by atoms with E-state index < -0.39 is 6.10 Å². The summed E-state index contributed by atoms with van der Waals surface area (Å²) in [5.74, 6) is -0.795. The maximum absolute atomic E-state index is 12.6. The lowest BCUT2D eigenvalue weighted by Gasteiger charge is -2.13. The molecule has 1 atom stereocenters. The van der Waals surface area contributed by atoms with Crippen molar-refractivity contribution in [3.8, 4) is 0 Å². The Hall–Kier alpha value is -2.90. The van der Waals surface area contributed by atoms with Gasteiger partial charge >= 0.3 is 0 Å². The van der Waals surface area contributed by atoms with Crippen molar-refractivity contribution in [3.63, 3.8) is 0 Å². The quantitative estimate of drug-likeness (QED) is 0.783. The first-order chi connectivity index (χ1) is 13.8. The van der Waals surface area contributed by atoms with Crippen LogP contribution in [0.2, 0.25) is 5.02 Å². The number of ether oxygens (including phenoxy) is 1. The van der Waals surface area contributed by atoms with Gasteiger partial charge in [-0.25, -0.2) is 0 Å². The molecule has 29 heavy (non-hydrogen) atoms. The van der Waals surface area contributed by atoms with E-state index in [1.165, 1.54) is 11.0 Å². The van der Waals surface area contributed by atoms with Crippen molar-refractivity contribution in [1.29, 1.82) is 0 Å². The van der Waals surface area contributed by atoms with Crippen LogP contribution in [-0.4, -0.2) is 49.4 Å². The minimum absolute atomic E-state index is 0.215. The highest BCUT2D eigenvalue weighted by molar-refractivity contribution is 6.34. The summed E-state index contributed by atoms with van der Waals surface area (Å²) in [7, 11) is 3.28. The normalized spacial score (nSPS) is 15.6. The summed E-state index contributed by atoms with van der Waals surface area (Å²) in [5.41, 5.74) is 1.71. The van der Waals surface area contributed by atoms with Crippen molar-refractivity contribution in [1.82, 2.24) is 4.90 Å². The molecule has 2 aromatic rings. The number of carbonyl (C=O) groups excluding carboxylic acids is 3. The molecule has 0 unspecified atom stereocenters. The van der Waals surface area contributed by atoms with Crippen molar-refractivity contribution in [2.24, 2.45) is 0 Å². The Balaban J connectivity index is 1.68. The molecule has 2 aromatic carbocycles. The highest BCUT2D eigenvalue weighted by Crippen LogP contribution is 2.23. The second-order valence-electron chi connectivity index (χ2n) is 6.92. The molecule has 0 saturated carbocycles. The zero-order valence-electron chi connectivity index (χ0n) is 16.2. The number of rotatable bonds is 5. The minimum Gasteiger partial charge on any atom is -0.368 e. The van der Waals surface area contributed by atoms with Gasteiger partial charge < -0.3 is 20.3 Å². The van der Waals surface area contributed by atoms with Crippen molar-refractivity contribution in [2.45, 2.75) is 18.9 Å². The molecule has 3 amide bonds. The van der Waals surface area contributed by atoms with Crippen LogP contribution in [0.1, 0.15) is 33.6 Å². The summed E-state index contributed by atoms with van der Waals surface area (Å²) >= 11 is 6.18. The molecule has 1 saturated heterocycles. The molecule has 7 nitrogen and oxygen atoms in total. The number of benzene rings is 2. The van der Waals surface area contributed by atoms with E-state index in [0.717, 1.165) is 6.42 Å². The molecule has 1 fully saturated rings. The molecule has 0 radical (unpaired) electrons. The van der Waals surface area contributed by atoms with E-state index in [9.17, 15) is 14.4 Å². The first kappa shape index (κ1) is 20.8. The fourth-order valence-corrected chi connectivity index (χ4v) is 3.22. The van der Waals surface area contributed by atoms with Crippen molar-refractivity contribution >= 4 is 40.7 Å². The summed E-state index contributed by atoms with van der Waals surface area (Å²) in [5, 5.41) is 5.77. The predicted octanol–water partition coefficient (Wildman–Crippen LogP) is 3.41. The van der Waals surface area contributed by atoms with E-state index in [-0.39, 0.29) is 22.7 Å². The standard InChI is InChI=1S/C21H22ClN3O4/c1-25(2)21(28)16-9-8-15(12-17(16)22)23-19(26)13-5-3-6-14(11-13)24-20(27)18-7-4-10-29-18/h3,5-6,8-9,11-12,18H,4,7,10H2,1-2H3,(H,23,26)(H,24,27)/t18-/m1/s1. The van der Waals surface area contributed by atoms with Gasteiger partial charge in [0.1, 0.15) is 6.10 Å². The van der Waals surface area contributed by atoms with Crippen LogP contribution in [0, 0.1) is 0 Å². The highest BCUT2D eigenvalue weighted by atomic mass is 35.5. The van der Waals surface area contributed by atoms with E-state index in [0.29, 0.717) is 35.5 Å². The molecule has 1 aliphatic heterocycles. The molecule has 152 valence electrons. The number of nitrogens with one attached hydrogen (secondary N) is 2. The number of nitrogens with zero attached hydrogens (tertiary/aromatic N) is 1. The van der Waals surface area contributed by atoms with E-state index in [2.05, 4.69) is 10.6 Å². The van der Waals surface area contributed by atoms with Crippen LogP contribution >= 0.6 is 11.6 Å². The van der Waals surface area contributed by atoms with Gasteiger partial charge in [0.05, 0.1) is 10.6 Å². The van der Waals surface area contributed by atoms with E-state index in [1.807, 2.05) is 0 Å².